The number of halogens is 1. The highest BCUT2D eigenvalue weighted by Crippen LogP contribution is 2.18. The van der Waals surface area contributed by atoms with Crippen LogP contribution in [0, 0.1) is 6.92 Å². The Bertz CT molecular complexity index is 393. The number of aliphatic hydroxyl groups is 1. The number of hydrogen-bond acceptors (Lipinski definition) is 2. The summed E-state index contributed by atoms with van der Waals surface area (Å²) in [6, 6.07) is 5.70. The Morgan fingerprint density at radius 2 is 2.24 bits per heavy atom. The minimum atomic E-state index is -0.0964. The van der Waals surface area contributed by atoms with Crippen LogP contribution in [0.2, 0.25) is 0 Å². The summed E-state index contributed by atoms with van der Waals surface area (Å²) in [6.07, 6.45) is 1.40. The molecule has 0 aromatic heterocycles. The maximum absolute atomic E-state index is 12.0. The van der Waals surface area contributed by atoms with Crippen molar-refractivity contribution in [3.63, 3.8) is 0 Å². The monoisotopic (exact) mass is 299 g/mol. The molecule has 1 aromatic rings. The first-order chi connectivity index (χ1) is 8.08. The van der Waals surface area contributed by atoms with E-state index in [0.29, 0.717) is 12.0 Å². The molecule has 1 aromatic carbocycles. The molecule has 17 heavy (non-hydrogen) atoms. The summed E-state index contributed by atoms with van der Waals surface area (Å²) < 4.78 is 0.791. The van der Waals surface area contributed by atoms with Crippen molar-refractivity contribution in [3.05, 3.63) is 33.8 Å². The maximum atomic E-state index is 12.0. The summed E-state index contributed by atoms with van der Waals surface area (Å²) in [6.45, 7) is 4.04. The van der Waals surface area contributed by atoms with E-state index in [1.165, 1.54) is 0 Å². The number of nitrogens with one attached hydrogen (secondary N) is 1. The molecule has 0 fully saturated rings. The van der Waals surface area contributed by atoms with Crippen molar-refractivity contribution in [2.24, 2.45) is 0 Å². The second-order valence-electron chi connectivity index (χ2n) is 4.07. The number of hydrogen-bond donors (Lipinski definition) is 2. The van der Waals surface area contributed by atoms with Gasteiger partial charge in [0.25, 0.3) is 5.91 Å². The maximum Gasteiger partial charge on any atom is 0.252 e. The number of aryl methyl sites for hydroxylation is 1. The zero-order valence-corrected chi connectivity index (χ0v) is 11.8. The Morgan fingerprint density at radius 1 is 1.53 bits per heavy atom. The highest BCUT2D eigenvalue weighted by atomic mass is 79.9. The number of amides is 1. The summed E-state index contributed by atoms with van der Waals surface area (Å²) in [4.78, 5) is 12.0. The van der Waals surface area contributed by atoms with E-state index >= 15 is 0 Å². The molecule has 0 radical (unpaired) electrons. The molecule has 0 aliphatic carbocycles. The van der Waals surface area contributed by atoms with E-state index in [0.717, 1.165) is 16.5 Å². The molecule has 1 rings (SSSR count). The fourth-order valence-electron chi connectivity index (χ4n) is 1.61. The molecule has 1 atom stereocenters. The van der Waals surface area contributed by atoms with Gasteiger partial charge >= 0.3 is 0 Å². The molecule has 1 amide bonds. The number of benzene rings is 1. The lowest BCUT2D eigenvalue weighted by molar-refractivity contribution is 0.0928. The van der Waals surface area contributed by atoms with Gasteiger partial charge in [-0.25, -0.2) is 0 Å². The molecule has 1 unspecified atom stereocenters. The van der Waals surface area contributed by atoms with Gasteiger partial charge in [-0.1, -0.05) is 18.6 Å². The molecule has 94 valence electrons. The minimum absolute atomic E-state index is 0.0277. The van der Waals surface area contributed by atoms with Gasteiger partial charge in [-0.2, -0.15) is 0 Å². The van der Waals surface area contributed by atoms with Gasteiger partial charge in [0.1, 0.15) is 0 Å². The first-order valence-electron chi connectivity index (χ1n) is 5.76. The fraction of sp³-hybridized carbons (Fsp3) is 0.462. The quantitative estimate of drug-likeness (QED) is 0.878. The smallest absolute Gasteiger partial charge is 0.252 e. The number of carbonyl (C=O) groups is 1. The third-order valence-corrected chi connectivity index (χ3v) is 3.36. The van der Waals surface area contributed by atoms with Gasteiger partial charge in [-0.15, -0.1) is 0 Å². The molecular formula is C13H18BrNO2. The van der Waals surface area contributed by atoms with Crippen LogP contribution < -0.4 is 5.32 Å². The normalized spacial score (nSPS) is 12.2. The zero-order valence-electron chi connectivity index (χ0n) is 10.2. The van der Waals surface area contributed by atoms with Gasteiger partial charge in [0.05, 0.1) is 5.56 Å². The van der Waals surface area contributed by atoms with Crippen molar-refractivity contribution in [1.29, 1.82) is 0 Å². The summed E-state index contributed by atoms with van der Waals surface area (Å²) in [7, 11) is 0. The van der Waals surface area contributed by atoms with Crippen LogP contribution in [-0.4, -0.2) is 23.7 Å². The first-order valence-corrected chi connectivity index (χ1v) is 6.55. The van der Waals surface area contributed by atoms with Crippen LogP contribution in [0.15, 0.2) is 22.7 Å². The molecule has 0 aliphatic heterocycles. The summed E-state index contributed by atoms with van der Waals surface area (Å²) in [5.74, 6) is -0.0964. The second-order valence-corrected chi connectivity index (χ2v) is 4.93. The van der Waals surface area contributed by atoms with Crippen molar-refractivity contribution < 1.29 is 9.90 Å². The van der Waals surface area contributed by atoms with Crippen LogP contribution in [0.3, 0.4) is 0 Å². The summed E-state index contributed by atoms with van der Waals surface area (Å²) in [5, 5.41) is 11.8. The van der Waals surface area contributed by atoms with Gasteiger partial charge in [0, 0.05) is 17.1 Å². The lowest BCUT2D eigenvalue weighted by atomic mass is 10.1. The molecule has 2 N–H and O–H groups in total. The van der Waals surface area contributed by atoms with Gasteiger partial charge < -0.3 is 10.4 Å². The van der Waals surface area contributed by atoms with E-state index in [-0.39, 0.29) is 18.6 Å². The lowest BCUT2D eigenvalue weighted by Gasteiger charge is -2.16. The largest absolute Gasteiger partial charge is 0.396 e. The molecule has 0 aliphatic rings. The third kappa shape index (κ3) is 4.13. The summed E-state index contributed by atoms with van der Waals surface area (Å²) >= 11 is 3.37. The average Bonchev–Trinajstić information content (AvgIpc) is 2.31. The molecule has 0 bridgehead atoms. The van der Waals surface area contributed by atoms with Crippen molar-refractivity contribution in [2.45, 2.75) is 32.7 Å². The van der Waals surface area contributed by atoms with E-state index in [1.54, 1.807) is 0 Å². The van der Waals surface area contributed by atoms with Crippen molar-refractivity contribution >= 4 is 21.8 Å². The zero-order chi connectivity index (χ0) is 12.8. The Morgan fingerprint density at radius 3 is 2.82 bits per heavy atom. The van der Waals surface area contributed by atoms with E-state index in [2.05, 4.69) is 21.2 Å². The Kier molecular flexibility index (Phi) is 5.65. The van der Waals surface area contributed by atoms with Crippen LogP contribution in [0.5, 0.6) is 0 Å². The number of carbonyl (C=O) groups excluding carboxylic acids is 1. The van der Waals surface area contributed by atoms with E-state index in [9.17, 15) is 4.79 Å². The third-order valence-electron chi connectivity index (χ3n) is 2.67. The highest BCUT2D eigenvalue weighted by molar-refractivity contribution is 9.10. The first kappa shape index (κ1) is 14.2. The average molecular weight is 300 g/mol. The Labute approximate surface area is 110 Å². The van der Waals surface area contributed by atoms with Crippen LogP contribution in [0.1, 0.15) is 35.7 Å². The molecule has 0 heterocycles. The second kappa shape index (κ2) is 6.77. The van der Waals surface area contributed by atoms with Gasteiger partial charge in [-0.3, -0.25) is 4.79 Å². The molecule has 3 nitrogen and oxygen atoms in total. The number of aliphatic hydroxyl groups excluding tert-OH is 1. The Balaban J connectivity index is 2.78. The van der Waals surface area contributed by atoms with Crippen LogP contribution in [-0.2, 0) is 0 Å². The van der Waals surface area contributed by atoms with Crippen LogP contribution >= 0.6 is 15.9 Å². The number of rotatable bonds is 5. The van der Waals surface area contributed by atoms with Crippen molar-refractivity contribution in [1.82, 2.24) is 5.32 Å². The van der Waals surface area contributed by atoms with Crippen molar-refractivity contribution in [3.8, 4) is 0 Å². The van der Waals surface area contributed by atoms with Crippen LogP contribution in [0.25, 0.3) is 0 Å². The molecule has 0 saturated heterocycles. The standard InChI is InChI=1S/C13H18BrNO2/c1-3-10(6-7-16)15-13(17)11-8-9(2)4-5-12(11)14/h4-5,8,10,16H,3,6-7H2,1-2H3,(H,15,17). The topological polar surface area (TPSA) is 49.3 Å². The predicted molar refractivity (Wildman–Crippen MR) is 72.1 cm³/mol. The molecule has 4 heteroatoms. The molecule has 0 spiro atoms. The van der Waals surface area contributed by atoms with Gasteiger partial charge in [-0.05, 0) is 47.8 Å². The predicted octanol–water partition coefficient (Wildman–Crippen LogP) is 2.65. The SMILES string of the molecule is CCC(CCO)NC(=O)c1cc(C)ccc1Br. The fourth-order valence-corrected chi connectivity index (χ4v) is 2.04. The Hall–Kier alpha value is -0.870. The van der Waals surface area contributed by atoms with Crippen molar-refractivity contribution in [2.75, 3.05) is 6.61 Å². The van der Waals surface area contributed by atoms with Gasteiger partial charge in [0.15, 0.2) is 0 Å². The van der Waals surface area contributed by atoms with Gasteiger partial charge in [0.2, 0.25) is 0 Å². The molecular weight excluding hydrogens is 282 g/mol. The highest BCUT2D eigenvalue weighted by Gasteiger charge is 2.14. The van der Waals surface area contributed by atoms with Crippen LogP contribution in [0.4, 0.5) is 0 Å². The van der Waals surface area contributed by atoms with E-state index in [1.807, 2.05) is 32.0 Å². The molecule has 0 saturated carbocycles. The lowest BCUT2D eigenvalue weighted by Crippen LogP contribution is -2.35. The van der Waals surface area contributed by atoms with E-state index < -0.39 is 0 Å². The minimum Gasteiger partial charge on any atom is -0.396 e. The van der Waals surface area contributed by atoms with E-state index in [4.69, 9.17) is 5.11 Å². The summed E-state index contributed by atoms with van der Waals surface area (Å²) in [5.41, 5.74) is 1.69.